The SMILES string of the molecule is c1ncn(-c2nc(N3CCCCC3)c3ncn(C4CCCCO4)c3n2)n1. The maximum Gasteiger partial charge on any atom is 0.256 e. The standard InChI is InChI=1S/C17H22N8O/c1-3-7-23(8-4-1)15-14-16(22-17(21-15)25-11-18-10-20-25)24(12-19-14)13-6-2-5-9-26-13/h10-13H,1-9H2. The van der Waals surface area contributed by atoms with Crippen LogP contribution in [0.15, 0.2) is 19.0 Å². The lowest BCUT2D eigenvalue weighted by molar-refractivity contribution is -0.0298. The van der Waals surface area contributed by atoms with Crippen LogP contribution in [-0.2, 0) is 4.74 Å². The highest BCUT2D eigenvalue weighted by molar-refractivity contribution is 5.84. The number of rotatable bonds is 3. The van der Waals surface area contributed by atoms with E-state index in [0.29, 0.717) is 5.95 Å². The molecule has 0 saturated carbocycles. The average Bonchev–Trinajstić information content (AvgIpc) is 3.38. The zero-order valence-corrected chi connectivity index (χ0v) is 14.7. The molecule has 0 aliphatic carbocycles. The molecule has 5 heterocycles. The molecule has 1 atom stereocenters. The molecular formula is C17H22N8O. The summed E-state index contributed by atoms with van der Waals surface area (Å²) in [5.41, 5.74) is 1.64. The molecular weight excluding hydrogens is 332 g/mol. The summed E-state index contributed by atoms with van der Waals surface area (Å²) in [6.45, 7) is 2.77. The summed E-state index contributed by atoms with van der Waals surface area (Å²) in [7, 11) is 0. The van der Waals surface area contributed by atoms with Crippen molar-refractivity contribution in [1.29, 1.82) is 0 Å². The van der Waals surface area contributed by atoms with Crippen LogP contribution in [0.3, 0.4) is 0 Å². The number of aromatic nitrogens is 7. The van der Waals surface area contributed by atoms with E-state index in [-0.39, 0.29) is 6.23 Å². The zero-order chi connectivity index (χ0) is 17.3. The lowest BCUT2D eigenvalue weighted by Crippen LogP contribution is -2.31. The minimum Gasteiger partial charge on any atom is -0.358 e. The highest BCUT2D eigenvalue weighted by Gasteiger charge is 2.24. The summed E-state index contributed by atoms with van der Waals surface area (Å²) < 4.78 is 9.61. The van der Waals surface area contributed by atoms with Crippen molar-refractivity contribution >= 4 is 17.0 Å². The maximum atomic E-state index is 5.96. The van der Waals surface area contributed by atoms with Gasteiger partial charge < -0.3 is 9.64 Å². The summed E-state index contributed by atoms with van der Waals surface area (Å²) in [6.07, 6.45) is 11.8. The van der Waals surface area contributed by atoms with Crippen LogP contribution in [0.25, 0.3) is 17.1 Å². The second-order valence-corrected chi connectivity index (χ2v) is 6.88. The third-order valence-electron chi connectivity index (χ3n) is 5.14. The predicted octanol–water partition coefficient (Wildman–Crippen LogP) is 2.10. The number of nitrogens with zero attached hydrogens (tertiary/aromatic N) is 8. The number of piperidine rings is 1. The molecule has 2 fully saturated rings. The van der Waals surface area contributed by atoms with Crippen molar-refractivity contribution in [2.75, 3.05) is 24.6 Å². The van der Waals surface area contributed by atoms with Crippen molar-refractivity contribution in [2.24, 2.45) is 0 Å². The molecule has 0 bridgehead atoms. The zero-order valence-electron chi connectivity index (χ0n) is 14.7. The fraction of sp³-hybridized carbons (Fsp3) is 0.588. The Labute approximate surface area is 151 Å². The molecule has 9 nitrogen and oxygen atoms in total. The fourth-order valence-corrected chi connectivity index (χ4v) is 3.78. The van der Waals surface area contributed by atoms with E-state index >= 15 is 0 Å². The van der Waals surface area contributed by atoms with Gasteiger partial charge >= 0.3 is 0 Å². The number of fused-ring (bicyclic) bond motifs is 1. The van der Waals surface area contributed by atoms with E-state index in [4.69, 9.17) is 14.7 Å². The van der Waals surface area contributed by atoms with Gasteiger partial charge in [0, 0.05) is 19.7 Å². The first-order valence-electron chi connectivity index (χ1n) is 9.36. The Balaban J connectivity index is 1.65. The Morgan fingerprint density at radius 3 is 2.69 bits per heavy atom. The van der Waals surface area contributed by atoms with Crippen molar-refractivity contribution in [2.45, 2.75) is 44.8 Å². The van der Waals surface area contributed by atoms with Crippen molar-refractivity contribution < 1.29 is 4.74 Å². The average molecular weight is 354 g/mol. The van der Waals surface area contributed by atoms with Crippen LogP contribution in [-0.4, -0.2) is 54.0 Å². The smallest absolute Gasteiger partial charge is 0.256 e. The molecule has 26 heavy (non-hydrogen) atoms. The molecule has 5 rings (SSSR count). The third-order valence-corrected chi connectivity index (χ3v) is 5.14. The van der Waals surface area contributed by atoms with Gasteiger partial charge in [0.15, 0.2) is 17.0 Å². The molecule has 2 saturated heterocycles. The number of ether oxygens (including phenoxy) is 1. The summed E-state index contributed by atoms with van der Waals surface area (Å²) in [5, 5.41) is 4.21. The van der Waals surface area contributed by atoms with E-state index in [9.17, 15) is 0 Å². The fourth-order valence-electron chi connectivity index (χ4n) is 3.78. The number of hydrogen-bond donors (Lipinski definition) is 0. The van der Waals surface area contributed by atoms with Crippen LogP contribution in [0.1, 0.15) is 44.8 Å². The monoisotopic (exact) mass is 354 g/mol. The Morgan fingerprint density at radius 2 is 1.92 bits per heavy atom. The lowest BCUT2D eigenvalue weighted by Gasteiger charge is -2.28. The number of hydrogen-bond acceptors (Lipinski definition) is 7. The van der Waals surface area contributed by atoms with Gasteiger partial charge in [-0.3, -0.25) is 4.57 Å². The van der Waals surface area contributed by atoms with Crippen LogP contribution < -0.4 is 4.90 Å². The second-order valence-electron chi connectivity index (χ2n) is 6.88. The van der Waals surface area contributed by atoms with Gasteiger partial charge in [0.1, 0.15) is 18.9 Å². The van der Waals surface area contributed by atoms with Gasteiger partial charge in [-0.1, -0.05) is 0 Å². The van der Waals surface area contributed by atoms with Crippen LogP contribution in [0.5, 0.6) is 0 Å². The van der Waals surface area contributed by atoms with Crippen molar-refractivity contribution in [3.63, 3.8) is 0 Å². The Hall–Kier alpha value is -2.55. The minimum atomic E-state index is -0.0125. The molecule has 0 spiro atoms. The molecule has 136 valence electrons. The number of anilines is 1. The minimum absolute atomic E-state index is 0.0125. The summed E-state index contributed by atoms with van der Waals surface area (Å²) in [4.78, 5) is 20.5. The van der Waals surface area contributed by atoms with Gasteiger partial charge in [0.05, 0.1) is 6.33 Å². The molecule has 3 aromatic heterocycles. The quantitative estimate of drug-likeness (QED) is 0.712. The van der Waals surface area contributed by atoms with E-state index in [0.717, 1.165) is 55.9 Å². The molecule has 0 amide bonds. The molecule has 0 aromatic carbocycles. The van der Waals surface area contributed by atoms with Crippen LogP contribution in [0.4, 0.5) is 5.82 Å². The highest BCUT2D eigenvalue weighted by atomic mass is 16.5. The second kappa shape index (κ2) is 6.64. The van der Waals surface area contributed by atoms with E-state index < -0.39 is 0 Å². The highest BCUT2D eigenvalue weighted by Crippen LogP contribution is 2.30. The summed E-state index contributed by atoms with van der Waals surface area (Å²) in [6, 6.07) is 0. The van der Waals surface area contributed by atoms with E-state index in [1.165, 1.54) is 25.6 Å². The lowest BCUT2D eigenvalue weighted by atomic mass is 10.1. The van der Waals surface area contributed by atoms with Gasteiger partial charge in [0.25, 0.3) is 5.95 Å². The normalized spacial score (nSPS) is 21.4. The first-order chi connectivity index (χ1) is 12.9. The van der Waals surface area contributed by atoms with E-state index in [1.807, 2.05) is 10.9 Å². The summed E-state index contributed by atoms with van der Waals surface area (Å²) in [5.74, 6) is 1.41. The Bertz CT molecular complexity index is 878. The Kier molecular flexibility index (Phi) is 4.00. The molecule has 2 aliphatic rings. The first kappa shape index (κ1) is 15.7. The van der Waals surface area contributed by atoms with Gasteiger partial charge in [-0.05, 0) is 38.5 Å². The summed E-state index contributed by atoms with van der Waals surface area (Å²) >= 11 is 0. The van der Waals surface area contributed by atoms with Gasteiger partial charge in [-0.15, -0.1) is 0 Å². The molecule has 2 aliphatic heterocycles. The molecule has 0 radical (unpaired) electrons. The van der Waals surface area contributed by atoms with E-state index in [1.54, 1.807) is 11.0 Å². The predicted molar refractivity (Wildman–Crippen MR) is 95.1 cm³/mol. The maximum absolute atomic E-state index is 5.96. The van der Waals surface area contributed by atoms with Crippen molar-refractivity contribution in [3.8, 4) is 5.95 Å². The van der Waals surface area contributed by atoms with Crippen LogP contribution >= 0.6 is 0 Å². The van der Waals surface area contributed by atoms with Gasteiger partial charge in [0.2, 0.25) is 0 Å². The number of imidazole rings is 1. The third kappa shape index (κ3) is 2.72. The molecule has 0 N–H and O–H groups in total. The van der Waals surface area contributed by atoms with Crippen LogP contribution in [0.2, 0.25) is 0 Å². The van der Waals surface area contributed by atoms with Crippen LogP contribution in [0, 0.1) is 0 Å². The first-order valence-corrected chi connectivity index (χ1v) is 9.36. The molecule has 1 unspecified atom stereocenters. The van der Waals surface area contributed by atoms with E-state index in [2.05, 4.69) is 20.0 Å². The largest absolute Gasteiger partial charge is 0.358 e. The van der Waals surface area contributed by atoms with Gasteiger partial charge in [-0.25, -0.2) is 9.97 Å². The van der Waals surface area contributed by atoms with Gasteiger partial charge in [-0.2, -0.15) is 19.7 Å². The Morgan fingerprint density at radius 1 is 1.00 bits per heavy atom. The van der Waals surface area contributed by atoms with Crippen molar-refractivity contribution in [1.82, 2.24) is 34.3 Å². The molecule has 9 heteroatoms. The van der Waals surface area contributed by atoms with Crippen molar-refractivity contribution in [3.05, 3.63) is 19.0 Å². The molecule has 3 aromatic rings. The topological polar surface area (TPSA) is 86.8 Å².